The number of halogens is 3. The first kappa shape index (κ1) is 10.8. The van der Waals surface area contributed by atoms with Crippen molar-refractivity contribution in [1.29, 1.82) is 0 Å². The predicted octanol–water partition coefficient (Wildman–Crippen LogP) is 2.93. The normalized spacial score (nSPS) is 15.5. The van der Waals surface area contributed by atoms with E-state index in [-0.39, 0.29) is 11.4 Å². The van der Waals surface area contributed by atoms with Gasteiger partial charge >= 0.3 is 0 Å². The highest BCUT2D eigenvalue weighted by molar-refractivity contribution is 6.30. The summed E-state index contributed by atoms with van der Waals surface area (Å²) in [5.74, 6) is -0.607. The largest absolute Gasteiger partial charge is 0.384 e. The van der Waals surface area contributed by atoms with E-state index in [1.54, 1.807) is 0 Å². The molecular formula is C9H9Cl2FO. The summed E-state index contributed by atoms with van der Waals surface area (Å²) < 4.78 is 13.2. The number of benzene rings is 1. The third kappa shape index (κ3) is 2.33. The highest BCUT2D eigenvalue weighted by Crippen LogP contribution is 2.26. The van der Waals surface area contributed by atoms with Crippen molar-refractivity contribution in [3.8, 4) is 0 Å². The van der Waals surface area contributed by atoms with E-state index in [4.69, 9.17) is 23.2 Å². The Hall–Kier alpha value is -0.310. The Morgan fingerprint density at radius 1 is 1.54 bits per heavy atom. The Labute approximate surface area is 86.1 Å². The molecule has 1 N–H and O–H groups in total. The predicted molar refractivity (Wildman–Crippen MR) is 51.7 cm³/mol. The quantitative estimate of drug-likeness (QED) is 0.764. The summed E-state index contributed by atoms with van der Waals surface area (Å²) in [6.45, 7) is 1.45. The molecule has 0 amide bonds. The molecule has 1 rings (SSSR count). The molecule has 0 bridgehead atoms. The number of alkyl halides is 1. The van der Waals surface area contributed by atoms with Crippen LogP contribution in [0.4, 0.5) is 4.39 Å². The molecule has 0 heterocycles. The summed E-state index contributed by atoms with van der Waals surface area (Å²) in [5.41, 5.74) is -1.19. The van der Waals surface area contributed by atoms with Crippen LogP contribution in [0.3, 0.4) is 0 Å². The molecule has 13 heavy (non-hydrogen) atoms. The van der Waals surface area contributed by atoms with Gasteiger partial charge in [0.15, 0.2) is 0 Å². The van der Waals surface area contributed by atoms with Crippen molar-refractivity contribution in [2.45, 2.75) is 12.5 Å². The van der Waals surface area contributed by atoms with Crippen LogP contribution in [0.2, 0.25) is 5.02 Å². The molecule has 0 fully saturated rings. The minimum absolute atomic E-state index is 0.0639. The van der Waals surface area contributed by atoms with Crippen LogP contribution in [-0.2, 0) is 5.60 Å². The van der Waals surface area contributed by atoms with E-state index >= 15 is 0 Å². The number of aliphatic hydroxyl groups is 1. The molecule has 0 aliphatic carbocycles. The Morgan fingerprint density at radius 2 is 2.15 bits per heavy atom. The van der Waals surface area contributed by atoms with Gasteiger partial charge in [-0.2, -0.15) is 0 Å². The number of rotatable bonds is 2. The highest BCUT2D eigenvalue weighted by atomic mass is 35.5. The zero-order valence-electron chi connectivity index (χ0n) is 7.02. The molecule has 0 aliphatic rings. The summed E-state index contributed by atoms with van der Waals surface area (Å²) in [7, 11) is 0. The zero-order chi connectivity index (χ0) is 10.1. The lowest BCUT2D eigenvalue weighted by atomic mass is 9.98. The monoisotopic (exact) mass is 222 g/mol. The van der Waals surface area contributed by atoms with E-state index in [0.29, 0.717) is 5.02 Å². The fourth-order valence-corrected chi connectivity index (χ4v) is 1.30. The average molecular weight is 223 g/mol. The van der Waals surface area contributed by atoms with Crippen molar-refractivity contribution >= 4 is 23.2 Å². The van der Waals surface area contributed by atoms with Crippen molar-refractivity contribution in [1.82, 2.24) is 0 Å². The summed E-state index contributed by atoms with van der Waals surface area (Å²) >= 11 is 11.0. The topological polar surface area (TPSA) is 20.2 Å². The average Bonchev–Trinajstić information content (AvgIpc) is 2.03. The van der Waals surface area contributed by atoms with Gasteiger partial charge in [0.1, 0.15) is 11.4 Å². The smallest absolute Gasteiger partial charge is 0.130 e. The molecule has 1 aromatic rings. The Balaban J connectivity index is 3.16. The van der Waals surface area contributed by atoms with E-state index in [1.807, 2.05) is 0 Å². The molecule has 0 saturated heterocycles. The van der Waals surface area contributed by atoms with E-state index in [1.165, 1.54) is 19.1 Å². The van der Waals surface area contributed by atoms with E-state index in [9.17, 15) is 9.50 Å². The highest BCUT2D eigenvalue weighted by Gasteiger charge is 2.25. The second kappa shape index (κ2) is 3.82. The van der Waals surface area contributed by atoms with Gasteiger partial charge in [0.25, 0.3) is 0 Å². The lowest BCUT2D eigenvalue weighted by molar-refractivity contribution is 0.0783. The first-order valence-electron chi connectivity index (χ1n) is 3.71. The summed E-state index contributed by atoms with van der Waals surface area (Å²) in [6, 6.07) is 4.10. The van der Waals surface area contributed by atoms with Gasteiger partial charge in [-0.1, -0.05) is 17.7 Å². The molecule has 72 valence electrons. The standard InChI is InChI=1S/C9H9Cl2FO/c1-9(13,5-10)7-3-2-6(11)4-8(7)12/h2-4,13H,5H2,1H3. The van der Waals surface area contributed by atoms with E-state index in [2.05, 4.69) is 0 Å². The van der Waals surface area contributed by atoms with Crippen LogP contribution in [-0.4, -0.2) is 11.0 Å². The van der Waals surface area contributed by atoms with Crippen LogP contribution in [0.5, 0.6) is 0 Å². The molecule has 0 saturated carbocycles. The third-order valence-electron chi connectivity index (χ3n) is 1.77. The second-order valence-corrected chi connectivity index (χ2v) is 3.74. The lowest BCUT2D eigenvalue weighted by Crippen LogP contribution is -2.24. The Kier molecular flexibility index (Phi) is 3.17. The van der Waals surface area contributed by atoms with Gasteiger partial charge in [-0.15, -0.1) is 11.6 Å². The first-order valence-corrected chi connectivity index (χ1v) is 4.62. The van der Waals surface area contributed by atoms with E-state index < -0.39 is 11.4 Å². The van der Waals surface area contributed by atoms with Crippen molar-refractivity contribution in [2.24, 2.45) is 0 Å². The molecule has 4 heteroatoms. The molecule has 0 aliphatic heterocycles. The summed E-state index contributed by atoms with van der Waals surface area (Å²) in [5, 5.41) is 9.95. The Morgan fingerprint density at radius 3 is 2.62 bits per heavy atom. The van der Waals surface area contributed by atoms with Crippen molar-refractivity contribution < 1.29 is 9.50 Å². The fraction of sp³-hybridized carbons (Fsp3) is 0.333. The Bertz CT molecular complexity index is 312. The van der Waals surface area contributed by atoms with Crippen LogP contribution >= 0.6 is 23.2 Å². The number of hydrogen-bond donors (Lipinski definition) is 1. The zero-order valence-corrected chi connectivity index (χ0v) is 8.53. The van der Waals surface area contributed by atoms with E-state index in [0.717, 1.165) is 6.07 Å². The molecule has 1 unspecified atom stereocenters. The van der Waals surface area contributed by atoms with Crippen molar-refractivity contribution in [3.63, 3.8) is 0 Å². The minimum atomic E-state index is -1.35. The molecular weight excluding hydrogens is 214 g/mol. The fourth-order valence-electron chi connectivity index (χ4n) is 0.998. The van der Waals surface area contributed by atoms with Gasteiger partial charge in [0, 0.05) is 10.6 Å². The maximum atomic E-state index is 13.2. The molecule has 1 aromatic carbocycles. The third-order valence-corrected chi connectivity index (χ3v) is 2.53. The summed E-state index contributed by atoms with van der Waals surface area (Å²) in [4.78, 5) is 0. The van der Waals surface area contributed by atoms with Gasteiger partial charge in [-0.25, -0.2) is 4.39 Å². The van der Waals surface area contributed by atoms with Crippen molar-refractivity contribution in [2.75, 3.05) is 5.88 Å². The van der Waals surface area contributed by atoms with Crippen LogP contribution in [0.25, 0.3) is 0 Å². The second-order valence-electron chi connectivity index (χ2n) is 3.03. The molecule has 1 nitrogen and oxygen atoms in total. The number of hydrogen-bond acceptors (Lipinski definition) is 1. The van der Waals surface area contributed by atoms with Gasteiger partial charge in [-0.05, 0) is 19.1 Å². The van der Waals surface area contributed by atoms with Crippen LogP contribution in [0.15, 0.2) is 18.2 Å². The lowest BCUT2D eigenvalue weighted by Gasteiger charge is -2.21. The van der Waals surface area contributed by atoms with Gasteiger partial charge < -0.3 is 5.11 Å². The maximum Gasteiger partial charge on any atom is 0.130 e. The molecule has 0 spiro atoms. The molecule has 0 radical (unpaired) electrons. The molecule has 1 atom stereocenters. The SMILES string of the molecule is CC(O)(CCl)c1ccc(Cl)cc1F. The van der Waals surface area contributed by atoms with Gasteiger partial charge in [0.2, 0.25) is 0 Å². The summed E-state index contributed by atoms with van der Waals surface area (Å²) in [6.07, 6.45) is 0. The molecule has 0 aromatic heterocycles. The van der Waals surface area contributed by atoms with Gasteiger partial charge in [-0.3, -0.25) is 0 Å². The maximum absolute atomic E-state index is 13.2. The van der Waals surface area contributed by atoms with Crippen LogP contribution < -0.4 is 0 Å². The van der Waals surface area contributed by atoms with Crippen LogP contribution in [0.1, 0.15) is 12.5 Å². The van der Waals surface area contributed by atoms with Crippen LogP contribution in [0, 0.1) is 5.82 Å². The van der Waals surface area contributed by atoms with Crippen molar-refractivity contribution in [3.05, 3.63) is 34.6 Å². The minimum Gasteiger partial charge on any atom is -0.384 e. The first-order chi connectivity index (χ1) is 5.97. The van der Waals surface area contributed by atoms with Gasteiger partial charge in [0.05, 0.1) is 5.88 Å².